The number of aromatic nitrogens is 5. The van der Waals surface area contributed by atoms with Gasteiger partial charge in [0.05, 0.1) is 5.52 Å². The predicted molar refractivity (Wildman–Crippen MR) is 106 cm³/mol. The van der Waals surface area contributed by atoms with Gasteiger partial charge in [0.1, 0.15) is 5.82 Å². The molecule has 1 aliphatic heterocycles. The predicted octanol–water partition coefficient (Wildman–Crippen LogP) is 2.86. The molecule has 2 fully saturated rings. The van der Waals surface area contributed by atoms with Gasteiger partial charge in [0.25, 0.3) is 0 Å². The molecule has 0 atom stereocenters. The summed E-state index contributed by atoms with van der Waals surface area (Å²) in [4.78, 5) is 24.4. The quantitative estimate of drug-likeness (QED) is 0.677. The molecule has 0 N–H and O–H groups in total. The molecule has 2 aliphatic rings. The lowest BCUT2D eigenvalue weighted by Crippen LogP contribution is -2.36. The lowest BCUT2D eigenvalue weighted by molar-refractivity contribution is 0.354. The number of pyridine rings is 1. The van der Waals surface area contributed by atoms with Gasteiger partial charge in [-0.3, -0.25) is 9.13 Å². The number of anilines is 1. The molecule has 1 aliphatic carbocycles. The Hall–Kier alpha value is -2.22. The molecule has 0 aromatic carbocycles. The highest BCUT2D eigenvalue weighted by Gasteiger charge is 2.30. The fourth-order valence-electron chi connectivity index (χ4n) is 4.04. The Bertz CT molecular complexity index is 1010. The largest absolute Gasteiger partial charge is 0.347 e. The molecule has 8 heteroatoms. The highest BCUT2D eigenvalue weighted by molar-refractivity contribution is 7.09. The Morgan fingerprint density at radius 2 is 2.00 bits per heavy atom. The zero-order chi connectivity index (χ0) is 18.4. The summed E-state index contributed by atoms with van der Waals surface area (Å²) in [7, 11) is 0. The Kier molecular flexibility index (Phi) is 4.22. The Morgan fingerprint density at radius 1 is 1.19 bits per heavy atom. The summed E-state index contributed by atoms with van der Waals surface area (Å²) in [6.45, 7) is 5.40. The highest BCUT2D eigenvalue weighted by Crippen LogP contribution is 2.40. The molecule has 0 spiro atoms. The average Bonchev–Trinajstić information content (AvgIpc) is 3.37. The van der Waals surface area contributed by atoms with Crippen LogP contribution in [0.25, 0.3) is 11.2 Å². The lowest BCUT2D eigenvalue weighted by atomic mass is 9.97. The van der Waals surface area contributed by atoms with Crippen molar-refractivity contribution >= 4 is 27.8 Å². The Labute approximate surface area is 161 Å². The van der Waals surface area contributed by atoms with Gasteiger partial charge in [0.15, 0.2) is 5.65 Å². The van der Waals surface area contributed by atoms with Gasteiger partial charge in [-0.25, -0.2) is 14.8 Å². The third kappa shape index (κ3) is 3.05. The van der Waals surface area contributed by atoms with Crippen LogP contribution in [0.2, 0.25) is 0 Å². The first kappa shape index (κ1) is 16.9. The zero-order valence-electron chi connectivity index (χ0n) is 15.5. The van der Waals surface area contributed by atoms with Gasteiger partial charge < -0.3 is 4.90 Å². The van der Waals surface area contributed by atoms with Crippen LogP contribution in [-0.4, -0.2) is 36.6 Å². The summed E-state index contributed by atoms with van der Waals surface area (Å²) in [6.07, 6.45) is 6.39. The van der Waals surface area contributed by atoms with Gasteiger partial charge in [0.2, 0.25) is 5.13 Å². The smallest absolute Gasteiger partial charge is 0.330 e. The number of rotatable bonds is 5. The first-order chi connectivity index (χ1) is 13.2. The van der Waals surface area contributed by atoms with E-state index in [0.717, 1.165) is 54.6 Å². The fourth-order valence-corrected chi connectivity index (χ4v) is 4.84. The average molecular weight is 385 g/mol. The van der Waals surface area contributed by atoms with Crippen LogP contribution < -0.4 is 10.6 Å². The van der Waals surface area contributed by atoms with Crippen molar-refractivity contribution in [1.82, 2.24) is 23.5 Å². The van der Waals surface area contributed by atoms with Crippen molar-refractivity contribution in [3.05, 3.63) is 34.6 Å². The molecule has 3 aromatic heterocycles. The van der Waals surface area contributed by atoms with E-state index in [1.54, 1.807) is 6.20 Å². The van der Waals surface area contributed by atoms with Crippen molar-refractivity contribution in [2.45, 2.75) is 51.6 Å². The van der Waals surface area contributed by atoms with Crippen LogP contribution >= 0.6 is 11.5 Å². The van der Waals surface area contributed by atoms with Gasteiger partial charge in [-0.15, -0.1) is 0 Å². The molecule has 0 bridgehead atoms. The standard InChI is InChI=1S/C19H24N6OS/c1-2-24-15-4-3-9-20-17(15)25(19(24)26)12-13-7-10-23(11-8-13)18-21-16(22-27-18)14-5-6-14/h3-4,9,13-14H,2,5-8,10-12H2,1H3. The second kappa shape index (κ2) is 6.74. The third-order valence-corrected chi connectivity index (χ3v) is 6.58. The van der Waals surface area contributed by atoms with Crippen molar-refractivity contribution in [2.24, 2.45) is 5.92 Å². The summed E-state index contributed by atoms with van der Waals surface area (Å²) in [5, 5.41) is 1.07. The molecule has 1 saturated carbocycles. The van der Waals surface area contributed by atoms with E-state index in [1.807, 2.05) is 28.2 Å². The van der Waals surface area contributed by atoms with E-state index >= 15 is 0 Å². The van der Waals surface area contributed by atoms with Crippen LogP contribution in [-0.2, 0) is 13.1 Å². The maximum absolute atomic E-state index is 12.8. The van der Waals surface area contributed by atoms with E-state index in [0.29, 0.717) is 18.4 Å². The van der Waals surface area contributed by atoms with Crippen molar-refractivity contribution in [1.29, 1.82) is 0 Å². The number of hydrogen-bond donors (Lipinski definition) is 0. The van der Waals surface area contributed by atoms with E-state index in [2.05, 4.69) is 14.3 Å². The minimum atomic E-state index is 0.0619. The minimum Gasteiger partial charge on any atom is -0.347 e. The van der Waals surface area contributed by atoms with Crippen LogP contribution in [0.15, 0.2) is 23.1 Å². The van der Waals surface area contributed by atoms with Crippen molar-refractivity contribution < 1.29 is 0 Å². The molecule has 27 heavy (non-hydrogen) atoms. The lowest BCUT2D eigenvalue weighted by Gasteiger charge is -2.31. The van der Waals surface area contributed by atoms with E-state index in [9.17, 15) is 4.79 Å². The van der Waals surface area contributed by atoms with Crippen LogP contribution in [0.5, 0.6) is 0 Å². The summed E-state index contributed by atoms with van der Waals surface area (Å²) in [5.41, 5.74) is 1.81. The minimum absolute atomic E-state index is 0.0619. The molecule has 4 heterocycles. The maximum atomic E-state index is 12.8. The number of hydrogen-bond acceptors (Lipinski definition) is 6. The molecule has 5 rings (SSSR count). The number of piperidine rings is 1. The number of aryl methyl sites for hydroxylation is 1. The number of fused-ring (bicyclic) bond motifs is 1. The maximum Gasteiger partial charge on any atom is 0.330 e. The van der Waals surface area contributed by atoms with Crippen LogP contribution in [0.4, 0.5) is 5.13 Å². The molecule has 1 saturated heterocycles. The molecule has 142 valence electrons. The summed E-state index contributed by atoms with van der Waals surface area (Å²) in [6, 6.07) is 3.88. The van der Waals surface area contributed by atoms with Crippen molar-refractivity contribution in [3.8, 4) is 0 Å². The molecule has 7 nitrogen and oxygen atoms in total. The fraction of sp³-hybridized carbons (Fsp3) is 0.579. The van der Waals surface area contributed by atoms with Gasteiger partial charge >= 0.3 is 5.69 Å². The SMILES string of the molecule is CCn1c(=O)n(CC2CCN(c3nc(C4CC4)ns3)CC2)c2ncccc21. The van der Waals surface area contributed by atoms with Gasteiger partial charge in [0, 0.05) is 49.8 Å². The van der Waals surface area contributed by atoms with E-state index < -0.39 is 0 Å². The van der Waals surface area contributed by atoms with Gasteiger partial charge in [-0.2, -0.15) is 4.37 Å². The number of nitrogens with zero attached hydrogens (tertiary/aromatic N) is 6. The normalized spacial score (nSPS) is 18.5. The second-order valence-electron chi connectivity index (χ2n) is 7.62. The Morgan fingerprint density at radius 3 is 2.74 bits per heavy atom. The molecular weight excluding hydrogens is 360 g/mol. The van der Waals surface area contributed by atoms with Gasteiger partial charge in [-0.1, -0.05) is 0 Å². The third-order valence-electron chi connectivity index (χ3n) is 5.79. The first-order valence-electron chi connectivity index (χ1n) is 9.87. The summed E-state index contributed by atoms with van der Waals surface area (Å²) < 4.78 is 8.22. The van der Waals surface area contributed by atoms with Crippen LogP contribution in [0.1, 0.15) is 44.3 Å². The molecular formula is C19H24N6OS. The second-order valence-corrected chi connectivity index (χ2v) is 8.35. The monoisotopic (exact) mass is 384 g/mol. The Balaban J connectivity index is 1.30. The topological polar surface area (TPSA) is 68.8 Å². The van der Waals surface area contributed by atoms with E-state index in [-0.39, 0.29) is 5.69 Å². The molecule has 0 amide bonds. The first-order valence-corrected chi connectivity index (χ1v) is 10.6. The van der Waals surface area contributed by atoms with E-state index in [4.69, 9.17) is 4.98 Å². The summed E-state index contributed by atoms with van der Waals surface area (Å²) >= 11 is 1.54. The molecule has 3 aromatic rings. The molecule has 0 unspecified atom stereocenters. The number of imidazole rings is 1. The zero-order valence-corrected chi connectivity index (χ0v) is 16.4. The van der Waals surface area contributed by atoms with Crippen LogP contribution in [0, 0.1) is 5.92 Å². The van der Waals surface area contributed by atoms with Crippen LogP contribution in [0.3, 0.4) is 0 Å². The van der Waals surface area contributed by atoms with Crippen molar-refractivity contribution in [2.75, 3.05) is 18.0 Å². The molecule has 0 radical (unpaired) electrons. The highest BCUT2D eigenvalue weighted by atomic mass is 32.1. The van der Waals surface area contributed by atoms with Crippen molar-refractivity contribution in [3.63, 3.8) is 0 Å². The van der Waals surface area contributed by atoms with E-state index in [1.165, 1.54) is 24.4 Å². The van der Waals surface area contributed by atoms with Gasteiger partial charge in [-0.05, 0) is 50.7 Å². The summed E-state index contributed by atoms with van der Waals surface area (Å²) in [5.74, 6) is 2.15.